The van der Waals surface area contributed by atoms with Crippen molar-refractivity contribution in [1.29, 1.82) is 0 Å². The van der Waals surface area contributed by atoms with Gasteiger partial charge in [0.1, 0.15) is 0 Å². The van der Waals surface area contributed by atoms with E-state index in [2.05, 4.69) is 35.7 Å². The van der Waals surface area contributed by atoms with Crippen LogP contribution < -0.4 is 5.32 Å². The highest BCUT2D eigenvalue weighted by Gasteiger charge is 2.29. The third-order valence-corrected chi connectivity index (χ3v) is 4.88. The minimum Gasteiger partial charge on any atom is -0.395 e. The van der Waals surface area contributed by atoms with Gasteiger partial charge in [-0.1, -0.05) is 36.4 Å². The molecule has 2 atom stereocenters. The largest absolute Gasteiger partial charge is 0.395 e. The van der Waals surface area contributed by atoms with Crippen LogP contribution in [0.25, 0.3) is 0 Å². The number of urea groups is 1. The lowest BCUT2D eigenvalue weighted by molar-refractivity contribution is 0.142. The molecule has 1 aromatic rings. The lowest BCUT2D eigenvalue weighted by atomic mass is 9.87. The van der Waals surface area contributed by atoms with Crippen LogP contribution in [0, 0.1) is 0 Å². The van der Waals surface area contributed by atoms with Crippen molar-refractivity contribution in [2.45, 2.75) is 50.6 Å². The fourth-order valence-corrected chi connectivity index (χ4v) is 3.73. The number of aliphatic hydroxyl groups is 1. The smallest absolute Gasteiger partial charge is 0.318 e. The number of amides is 2. The first-order valence-corrected chi connectivity index (χ1v) is 8.72. The van der Waals surface area contributed by atoms with E-state index in [0.717, 1.165) is 38.5 Å². The van der Waals surface area contributed by atoms with E-state index in [9.17, 15) is 9.90 Å². The molecule has 2 unspecified atom stereocenters. The lowest BCUT2D eigenvalue weighted by Gasteiger charge is -2.36. The molecular weight excluding hydrogens is 288 g/mol. The molecule has 0 fully saturated rings. The number of allylic oxidation sites excluding steroid dienone is 1. The first-order chi connectivity index (χ1) is 11.3. The van der Waals surface area contributed by atoms with Crippen molar-refractivity contribution < 1.29 is 9.90 Å². The first-order valence-electron chi connectivity index (χ1n) is 8.72. The summed E-state index contributed by atoms with van der Waals surface area (Å²) in [6, 6.07) is 8.51. The summed E-state index contributed by atoms with van der Waals surface area (Å²) in [6.07, 6.45) is 10.6. The number of aryl methyl sites for hydroxylation is 1. The third-order valence-electron chi connectivity index (χ3n) is 4.88. The Balaban J connectivity index is 1.77. The molecule has 0 heterocycles. The molecule has 0 saturated heterocycles. The normalized spacial score (nSPS) is 23.2. The summed E-state index contributed by atoms with van der Waals surface area (Å²) >= 11 is 0. The number of carbonyl (C=O) groups is 1. The Kier molecular flexibility index (Phi) is 5.34. The Labute approximate surface area is 138 Å². The van der Waals surface area contributed by atoms with E-state index in [-0.39, 0.29) is 24.7 Å². The average molecular weight is 314 g/mol. The lowest BCUT2D eigenvalue weighted by Crippen LogP contribution is -2.47. The number of fused-ring (bicyclic) bond motifs is 1. The maximum Gasteiger partial charge on any atom is 0.318 e. The van der Waals surface area contributed by atoms with E-state index in [0.29, 0.717) is 6.54 Å². The summed E-state index contributed by atoms with van der Waals surface area (Å²) in [6.45, 7) is 0.369. The highest BCUT2D eigenvalue weighted by atomic mass is 16.3. The topological polar surface area (TPSA) is 52.6 Å². The van der Waals surface area contributed by atoms with E-state index in [4.69, 9.17) is 0 Å². The summed E-state index contributed by atoms with van der Waals surface area (Å²) in [5.41, 5.74) is 2.57. The van der Waals surface area contributed by atoms with E-state index in [1.54, 1.807) is 0 Å². The zero-order valence-corrected chi connectivity index (χ0v) is 13.6. The highest BCUT2D eigenvalue weighted by molar-refractivity contribution is 5.75. The Morgan fingerprint density at radius 3 is 2.91 bits per heavy atom. The molecule has 0 radical (unpaired) electrons. The second-order valence-electron chi connectivity index (χ2n) is 6.44. The van der Waals surface area contributed by atoms with Gasteiger partial charge in [-0.15, -0.1) is 0 Å². The molecule has 2 aliphatic carbocycles. The average Bonchev–Trinajstić information content (AvgIpc) is 2.60. The van der Waals surface area contributed by atoms with Gasteiger partial charge in [-0.3, -0.25) is 0 Å². The van der Waals surface area contributed by atoms with Crippen LogP contribution in [0.15, 0.2) is 36.4 Å². The minimum absolute atomic E-state index is 0.00735. The zero-order chi connectivity index (χ0) is 16.1. The van der Waals surface area contributed by atoms with E-state index >= 15 is 0 Å². The molecular formula is C19H26N2O2. The number of rotatable bonds is 4. The predicted molar refractivity (Wildman–Crippen MR) is 91.2 cm³/mol. The van der Waals surface area contributed by atoms with Crippen molar-refractivity contribution in [3.05, 3.63) is 47.5 Å². The molecule has 124 valence electrons. The maximum atomic E-state index is 12.8. The molecule has 3 rings (SSSR count). The second kappa shape index (κ2) is 7.64. The fraction of sp³-hybridized carbons (Fsp3) is 0.526. The number of nitrogens with zero attached hydrogens (tertiary/aromatic N) is 1. The molecule has 4 nitrogen and oxygen atoms in total. The Hall–Kier alpha value is -1.81. The fourth-order valence-electron chi connectivity index (χ4n) is 3.73. The molecule has 0 saturated carbocycles. The van der Waals surface area contributed by atoms with E-state index in [1.165, 1.54) is 11.1 Å². The second-order valence-corrected chi connectivity index (χ2v) is 6.44. The van der Waals surface area contributed by atoms with Crippen molar-refractivity contribution in [2.24, 2.45) is 0 Å². The number of carbonyl (C=O) groups excluding carboxylic acids is 1. The van der Waals surface area contributed by atoms with Crippen LogP contribution in [0.4, 0.5) is 4.79 Å². The predicted octanol–water partition coefficient (Wildman–Crippen LogP) is 3.18. The van der Waals surface area contributed by atoms with Crippen LogP contribution in [0.5, 0.6) is 0 Å². The van der Waals surface area contributed by atoms with Crippen molar-refractivity contribution in [3.8, 4) is 0 Å². The van der Waals surface area contributed by atoms with Crippen molar-refractivity contribution in [3.63, 3.8) is 0 Å². The Morgan fingerprint density at radius 1 is 1.26 bits per heavy atom. The van der Waals surface area contributed by atoms with Gasteiger partial charge in [0.2, 0.25) is 0 Å². The van der Waals surface area contributed by atoms with Gasteiger partial charge >= 0.3 is 6.03 Å². The number of nitrogens with one attached hydrogen (secondary N) is 1. The molecule has 0 spiro atoms. The van der Waals surface area contributed by atoms with Gasteiger partial charge in [-0.05, 0) is 49.7 Å². The monoisotopic (exact) mass is 314 g/mol. The van der Waals surface area contributed by atoms with E-state index in [1.807, 2.05) is 11.0 Å². The summed E-state index contributed by atoms with van der Waals surface area (Å²) in [5.74, 6) is 0. The van der Waals surface area contributed by atoms with Gasteiger partial charge in [0, 0.05) is 12.6 Å². The number of hydrogen-bond donors (Lipinski definition) is 2. The van der Waals surface area contributed by atoms with Crippen LogP contribution in [0.2, 0.25) is 0 Å². The summed E-state index contributed by atoms with van der Waals surface area (Å²) in [4.78, 5) is 14.6. The number of aliphatic hydroxyl groups excluding tert-OH is 1. The SMILES string of the molecule is O=C(NC1C=CCCC1)N(CCO)C1CCCc2ccccc21. The maximum absolute atomic E-state index is 12.8. The van der Waals surface area contributed by atoms with Crippen LogP contribution in [-0.2, 0) is 6.42 Å². The summed E-state index contributed by atoms with van der Waals surface area (Å²) < 4.78 is 0. The molecule has 0 aromatic heterocycles. The number of benzene rings is 1. The van der Waals surface area contributed by atoms with Gasteiger partial charge in [0.25, 0.3) is 0 Å². The highest BCUT2D eigenvalue weighted by Crippen LogP contribution is 2.34. The van der Waals surface area contributed by atoms with Crippen LogP contribution in [0.3, 0.4) is 0 Å². The van der Waals surface area contributed by atoms with Crippen LogP contribution in [-0.4, -0.2) is 35.2 Å². The van der Waals surface area contributed by atoms with Gasteiger partial charge < -0.3 is 15.3 Å². The third kappa shape index (κ3) is 3.75. The Bertz CT molecular complexity index is 570. The number of hydrogen-bond acceptors (Lipinski definition) is 2. The molecule has 4 heteroatoms. The van der Waals surface area contributed by atoms with Gasteiger partial charge in [0.05, 0.1) is 12.6 Å². The molecule has 23 heavy (non-hydrogen) atoms. The van der Waals surface area contributed by atoms with Crippen molar-refractivity contribution >= 4 is 6.03 Å². The first kappa shape index (κ1) is 16.1. The summed E-state index contributed by atoms with van der Waals surface area (Å²) in [7, 11) is 0. The van der Waals surface area contributed by atoms with Gasteiger partial charge in [-0.25, -0.2) is 4.79 Å². The minimum atomic E-state index is -0.0581. The van der Waals surface area contributed by atoms with Crippen molar-refractivity contribution in [1.82, 2.24) is 10.2 Å². The van der Waals surface area contributed by atoms with Gasteiger partial charge in [-0.2, -0.15) is 0 Å². The Morgan fingerprint density at radius 2 is 2.13 bits per heavy atom. The van der Waals surface area contributed by atoms with E-state index < -0.39 is 0 Å². The van der Waals surface area contributed by atoms with Crippen molar-refractivity contribution in [2.75, 3.05) is 13.2 Å². The molecule has 1 aromatic carbocycles. The molecule has 2 aliphatic rings. The van der Waals surface area contributed by atoms with Crippen LogP contribution >= 0.6 is 0 Å². The standard InChI is InChI=1S/C19H26N2O2/c22-14-13-21(19(23)20-16-9-2-1-3-10-16)18-12-6-8-15-7-4-5-11-17(15)18/h2,4-5,7,9,11,16,18,22H,1,3,6,8,10,12-14H2,(H,20,23). The molecule has 2 N–H and O–H groups in total. The zero-order valence-electron chi connectivity index (χ0n) is 13.6. The molecule has 2 amide bonds. The quantitative estimate of drug-likeness (QED) is 0.839. The molecule has 0 aliphatic heterocycles. The summed E-state index contributed by atoms with van der Waals surface area (Å²) in [5, 5.41) is 12.6. The van der Waals surface area contributed by atoms with Gasteiger partial charge in [0.15, 0.2) is 0 Å². The van der Waals surface area contributed by atoms with Crippen LogP contribution in [0.1, 0.15) is 49.3 Å². The molecule has 0 bridgehead atoms.